The molecule has 0 saturated carbocycles. The highest BCUT2D eigenvalue weighted by atomic mass is 35.5. The molecule has 3 aromatic rings. The monoisotopic (exact) mass is 533 g/mol. The molecule has 6 nitrogen and oxygen atoms in total. The van der Waals surface area contributed by atoms with Crippen LogP contribution < -0.4 is 5.32 Å². The Morgan fingerprint density at radius 1 is 1.06 bits per heavy atom. The number of esters is 1. The van der Waals surface area contributed by atoms with Crippen molar-refractivity contribution in [1.82, 2.24) is 0 Å². The normalized spacial score (nSPS) is 14.4. The van der Waals surface area contributed by atoms with Gasteiger partial charge in [-0.2, -0.15) is 0 Å². The number of sulfone groups is 1. The van der Waals surface area contributed by atoms with Gasteiger partial charge >= 0.3 is 5.97 Å². The topological polar surface area (TPSA) is 89.5 Å². The number of methoxy groups -OCH3 is 1. The summed E-state index contributed by atoms with van der Waals surface area (Å²) in [6, 6.07) is 16.0. The number of hydrogen-bond donors (Lipinski definition) is 1. The Hall–Kier alpha value is -2.78. The van der Waals surface area contributed by atoms with E-state index >= 15 is 0 Å². The zero-order valence-corrected chi connectivity index (χ0v) is 20.8. The van der Waals surface area contributed by atoms with Crippen molar-refractivity contribution in [3.63, 3.8) is 0 Å². The fourth-order valence-electron chi connectivity index (χ4n) is 3.26. The highest BCUT2D eigenvalue weighted by molar-refractivity contribution is 8.04. The van der Waals surface area contributed by atoms with Crippen LogP contribution in [-0.4, -0.2) is 27.4 Å². The molecule has 1 aliphatic heterocycles. The minimum atomic E-state index is -3.77. The van der Waals surface area contributed by atoms with Crippen LogP contribution >= 0.6 is 35.0 Å². The van der Waals surface area contributed by atoms with Crippen LogP contribution in [0.1, 0.15) is 21.5 Å². The van der Waals surface area contributed by atoms with Crippen molar-refractivity contribution in [2.75, 3.05) is 12.4 Å². The minimum Gasteiger partial charge on any atom is -0.465 e. The number of rotatable bonds is 5. The molecule has 4 rings (SSSR count). The van der Waals surface area contributed by atoms with Crippen molar-refractivity contribution in [1.29, 1.82) is 0 Å². The molecular formula is C24H17Cl2NO5S2. The van der Waals surface area contributed by atoms with Gasteiger partial charge in [0.1, 0.15) is 0 Å². The zero-order valence-electron chi connectivity index (χ0n) is 17.7. The van der Waals surface area contributed by atoms with Crippen molar-refractivity contribution in [2.45, 2.75) is 15.5 Å². The number of benzene rings is 3. The Bertz CT molecular complexity index is 1410. The first-order valence-corrected chi connectivity index (χ1v) is 13.1. The van der Waals surface area contributed by atoms with Crippen LogP contribution in [0.5, 0.6) is 0 Å². The van der Waals surface area contributed by atoms with Crippen molar-refractivity contribution < 1.29 is 22.7 Å². The van der Waals surface area contributed by atoms with E-state index in [-0.39, 0.29) is 26.6 Å². The Morgan fingerprint density at radius 2 is 1.74 bits per heavy atom. The molecule has 0 aliphatic carbocycles. The number of hydrogen-bond acceptors (Lipinski definition) is 6. The summed E-state index contributed by atoms with van der Waals surface area (Å²) < 4.78 is 30.7. The molecule has 0 unspecified atom stereocenters. The van der Waals surface area contributed by atoms with Gasteiger partial charge < -0.3 is 10.1 Å². The molecule has 34 heavy (non-hydrogen) atoms. The number of ether oxygens (including phenoxy) is 1. The van der Waals surface area contributed by atoms with Crippen LogP contribution in [0.15, 0.2) is 75.4 Å². The number of anilines is 1. The number of carbonyl (C=O) groups excluding carboxylic acids is 2. The molecule has 1 heterocycles. The number of carbonyl (C=O) groups is 2. The maximum Gasteiger partial charge on any atom is 0.337 e. The van der Waals surface area contributed by atoms with Gasteiger partial charge in [-0.1, -0.05) is 53.2 Å². The molecule has 0 bridgehead atoms. The third-order valence-electron chi connectivity index (χ3n) is 5.03. The average Bonchev–Trinajstić information content (AvgIpc) is 2.81. The molecule has 0 atom stereocenters. The second kappa shape index (κ2) is 9.84. The number of nitrogens with one attached hydrogen (secondary N) is 1. The highest BCUT2D eigenvalue weighted by Crippen LogP contribution is 2.40. The maximum absolute atomic E-state index is 13.0. The number of fused-ring (bicyclic) bond motifs is 1. The van der Waals surface area contributed by atoms with Crippen LogP contribution in [0.3, 0.4) is 0 Å². The van der Waals surface area contributed by atoms with Gasteiger partial charge in [-0.15, -0.1) is 0 Å². The molecule has 1 N–H and O–H groups in total. The summed E-state index contributed by atoms with van der Waals surface area (Å²) in [5.74, 6) is -1.17. The Balaban J connectivity index is 1.58. The minimum absolute atomic E-state index is 0.0500. The standard InChI is InChI=1S/C24H17Cl2NO5S2/c1-32-24(29)15-7-5-14(6-8-15)11-22-23(28)27-20-12-16(9-10-21(20)33-22)34(30,31)13-17-18(25)3-2-4-19(17)26/h2-12H,13H2,1H3,(H,27,28)/b22-11+. The SMILES string of the molecule is COC(=O)c1ccc(/C=C2/Sc3ccc(S(=O)(=O)Cc4c(Cl)cccc4Cl)cc3NC2=O)cc1. The fourth-order valence-corrected chi connectivity index (χ4v) is 6.31. The lowest BCUT2D eigenvalue weighted by Crippen LogP contribution is -2.18. The zero-order chi connectivity index (χ0) is 24.5. The summed E-state index contributed by atoms with van der Waals surface area (Å²) in [4.78, 5) is 25.4. The molecule has 10 heteroatoms. The molecule has 0 spiro atoms. The Labute approximate surface area is 210 Å². The van der Waals surface area contributed by atoms with Crippen molar-refractivity contribution in [2.24, 2.45) is 0 Å². The summed E-state index contributed by atoms with van der Waals surface area (Å²) >= 11 is 13.5. The first-order chi connectivity index (χ1) is 16.2. The Morgan fingerprint density at radius 3 is 2.38 bits per heavy atom. The number of halogens is 2. The third kappa shape index (κ3) is 5.15. The van der Waals surface area contributed by atoms with Gasteiger partial charge in [0.25, 0.3) is 5.91 Å². The van der Waals surface area contributed by atoms with Crippen LogP contribution in [0.25, 0.3) is 6.08 Å². The van der Waals surface area contributed by atoms with E-state index in [0.29, 0.717) is 26.6 Å². The summed E-state index contributed by atoms with van der Waals surface area (Å²) in [5.41, 5.74) is 1.86. The summed E-state index contributed by atoms with van der Waals surface area (Å²) in [7, 11) is -2.46. The van der Waals surface area contributed by atoms with E-state index in [1.54, 1.807) is 54.6 Å². The Kier molecular flexibility index (Phi) is 7.04. The van der Waals surface area contributed by atoms with E-state index in [1.807, 2.05) is 0 Å². The van der Waals surface area contributed by atoms with Gasteiger partial charge in [0.2, 0.25) is 0 Å². The van der Waals surface area contributed by atoms with Gasteiger partial charge in [0, 0.05) is 20.5 Å². The van der Waals surface area contributed by atoms with Crippen molar-refractivity contribution in [3.05, 3.63) is 92.3 Å². The lowest BCUT2D eigenvalue weighted by atomic mass is 10.1. The molecular weight excluding hydrogens is 517 g/mol. The van der Waals surface area contributed by atoms with Gasteiger partial charge in [-0.3, -0.25) is 4.79 Å². The van der Waals surface area contributed by atoms with Gasteiger partial charge in [-0.25, -0.2) is 13.2 Å². The van der Waals surface area contributed by atoms with Crippen LogP contribution in [0.2, 0.25) is 10.0 Å². The first-order valence-electron chi connectivity index (χ1n) is 9.87. The summed E-state index contributed by atoms with van der Waals surface area (Å²) in [6.45, 7) is 0. The molecule has 0 saturated heterocycles. The molecule has 0 radical (unpaired) electrons. The third-order valence-corrected chi connectivity index (χ3v) is 8.48. The summed E-state index contributed by atoms with van der Waals surface area (Å²) in [6.07, 6.45) is 1.69. The second-order valence-corrected chi connectivity index (χ2v) is 11.2. The average molecular weight is 534 g/mol. The van der Waals surface area contributed by atoms with E-state index in [9.17, 15) is 18.0 Å². The van der Waals surface area contributed by atoms with Gasteiger partial charge in [0.15, 0.2) is 9.84 Å². The highest BCUT2D eigenvalue weighted by Gasteiger charge is 2.25. The largest absolute Gasteiger partial charge is 0.465 e. The van der Waals surface area contributed by atoms with Crippen LogP contribution in [-0.2, 0) is 25.1 Å². The lowest BCUT2D eigenvalue weighted by molar-refractivity contribution is -0.112. The molecule has 1 amide bonds. The smallest absolute Gasteiger partial charge is 0.337 e. The van der Waals surface area contributed by atoms with Crippen LogP contribution in [0.4, 0.5) is 5.69 Å². The lowest BCUT2D eigenvalue weighted by Gasteiger charge is -2.19. The first kappa shape index (κ1) is 24.3. The molecule has 0 aromatic heterocycles. The van der Waals surface area contributed by atoms with E-state index in [4.69, 9.17) is 23.2 Å². The van der Waals surface area contributed by atoms with Gasteiger partial charge in [-0.05, 0) is 54.1 Å². The number of thioether (sulfide) groups is 1. The van der Waals surface area contributed by atoms with E-state index in [0.717, 1.165) is 5.56 Å². The fraction of sp³-hybridized carbons (Fsp3) is 0.0833. The van der Waals surface area contributed by atoms with Crippen molar-refractivity contribution >= 4 is 68.4 Å². The predicted molar refractivity (Wildman–Crippen MR) is 134 cm³/mol. The molecule has 3 aromatic carbocycles. The van der Waals surface area contributed by atoms with Gasteiger partial charge in [0.05, 0.1) is 33.9 Å². The predicted octanol–water partition coefficient (Wildman–Crippen LogP) is 5.84. The summed E-state index contributed by atoms with van der Waals surface area (Å²) in [5, 5.41) is 3.29. The second-order valence-electron chi connectivity index (χ2n) is 7.30. The molecule has 1 aliphatic rings. The maximum atomic E-state index is 13.0. The molecule has 0 fully saturated rings. The quantitative estimate of drug-likeness (QED) is 0.327. The number of amides is 1. The van der Waals surface area contributed by atoms with E-state index in [2.05, 4.69) is 10.1 Å². The molecule has 174 valence electrons. The van der Waals surface area contributed by atoms with Crippen molar-refractivity contribution in [3.8, 4) is 0 Å². The van der Waals surface area contributed by atoms with E-state index < -0.39 is 15.8 Å². The van der Waals surface area contributed by atoms with E-state index in [1.165, 1.54) is 31.0 Å². The van der Waals surface area contributed by atoms with Crippen LogP contribution in [0, 0.1) is 0 Å².